The Balaban J connectivity index is 2.42. The minimum Gasteiger partial charge on any atom is -0.444 e. The van der Waals surface area contributed by atoms with E-state index in [1.54, 1.807) is 20.8 Å². The smallest absolute Gasteiger partial charge is 0.407 e. The molecule has 1 rings (SSSR count). The van der Waals surface area contributed by atoms with Gasteiger partial charge < -0.3 is 34.8 Å². The van der Waals surface area contributed by atoms with Gasteiger partial charge in [0.25, 0.3) is 0 Å². The van der Waals surface area contributed by atoms with Gasteiger partial charge in [-0.25, -0.2) is 4.79 Å². The fourth-order valence-electron chi connectivity index (χ4n) is 1.96. The van der Waals surface area contributed by atoms with Crippen molar-refractivity contribution in [1.82, 2.24) is 5.32 Å². The summed E-state index contributed by atoms with van der Waals surface area (Å²) in [5, 5.41) is 35.1. The first-order valence-electron chi connectivity index (χ1n) is 7.44. The third kappa shape index (κ3) is 6.48. The zero-order chi connectivity index (χ0) is 18.3. The van der Waals surface area contributed by atoms with Crippen molar-refractivity contribution in [2.24, 2.45) is 5.11 Å². The molecule has 0 aromatic rings. The molecule has 1 fully saturated rings. The standard InChI is InChI=1S/C13H24N4O7/c1-13(2,3)24-12(21)15-4-5-22-11-10(20)9(19)8(18)7(23-11)6-16-17-14/h7-11,18-20H,4-6H2,1-3H3,(H,15,21)/t7-,8-,9+,10-,11-/m1/s1. The molecular weight excluding hydrogens is 324 g/mol. The molecule has 4 N–H and O–H groups in total. The summed E-state index contributed by atoms with van der Waals surface area (Å²) in [4.78, 5) is 14.0. The molecule has 11 nitrogen and oxygen atoms in total. The van der Waals surface area contributed by atoms with Crippen LogP contribution in [0.1, 0.15) is 20.8 Å². The van der Waals surface area contributed by atoms with Gasteiger partial charge in [0, 0.05) is 11.5 Å². The van der Waals surface area contributed by atoms with Gasteiger partial charge in [0.2, 0.25) is 0 Å². The van der Waals surface area contributed by atoms with Gasteiger partial charge in [-0.2, -0.15) is 0 Å². The highest BCUT2D eigenvalue weighted by atomic mass is 16.7. The molecule has 24 heavy (non-hydrogen) atoms. The number of aliphatic hydroxyl groups is 3. The lowest BCUT2D eigenvalue weighted by Gasteiger charge is -2.39. The summed E-state index contributed by atoms with van der Waals surface area (Å²) < 4.78 is 15.6. The van der Waals surface area contributed by atoms with E-state index < -0.39 is 42.4 Å². The number of aliphatic hydroxyl groups excluding tert-OH is 3. The van der Waals surface area contributed by atoms with E-state index in [0.717, 1.165) is 0 Å². The number of ether oxygens (including phenoxy) is 3. The summed E-state index contributed by atoms with van der Waals surface area (Å²) in [6, 6.07) is 0. The number of alkyl carbamates (subject to hydrolysis) is 1. The number of carbonyl (C=O) groups is 1. The second-order valence-corrected chi connectivity index (χ2v) is 6.23. The lowest BCUT2D eigenvalue weighted by atomic mass is 9.99. The average Bonchev–Trinajstić information content (AvgIpc) is 2.48. The Morgan fingerprint density at radius 1 is 1.29 bits per heavy atom. The fraction of sp³-hybridized carbons (Fsp3) is 0.923. The summed E-state index contributed by atoms with van der Waals surface area (Å²) in [6.07, 6.45) is -7.27. The average molecular weight is 348 g/mol. The molecule has 0 spiro atoms. The van der Waals surface area contributed by atoms with Gasteiger partial charge in [-0.05, 0) is 26.3 Å². The van der Waals surface area contributed by atoms with Crippen molar-refractivity contribution in [3.8, 4) is 0 Å². The SMILES string of the molecule is CC(C)(C)OC(=O)NCCO[C@@H]1O[C@H](CN=[N+]=[N-])[C@@H](O)[C@H](O)[C@H]1O. The highest BCUT2D eigenvalue weighted by Crippen LogP contribution is 2.22. The molecule has 1 aliphatic heterocycles. The predicted molar refractivity (Wildman–Crippen MR) is 80.9 cm³/mol. The van der Waals surface area contributed by atoms with E-state index in [1.807, 2.05) is 0 Å². The lowest BCUT2D eigenvalue weighted by molar-refractivity contribution is -0.293. The van der Waals surface area contributed by atoms with Crippen LogP contribution in [0.4, 0.5) is 4.79 Å². The Bertz CT molecular complexity index is 464. The molecule has 0 aromatic carbocycles. The number of carbonyl (C=O) groups excluding carboxylic acids is 1. The summed E-state index contributed by atoms with van der Waals surface area (Å²) in [6.45, 7) is 5.01. The minimum absolute atomic E-state index is 0.0297. The maximum Gasteiger partial charge on any atom is 0.407 e. The van der Waals surface area contributed by atoms with E-state index in [-0.39, 0.29) is 19.7 Å². The van der Waals surface area contributed by atoms with E-state index in [9.17, 15) is 20.1 Å². The predicted octanol–water partition coefficient (Wildman–Crippen LogP) is -0.354. The van der Waals surface area contributed by atoms with Crippen molar-refractivity contribution >= 4 is 6.09 Å². The number of azide groups is 1. The van der Waals surface area contributed by atoms with Crippen LogP contribution in [-0.4, -0.2) is 77.4 Å². The molecule has 0 radical (unpaired) electrons. The number of hydrogen-bond donors (Lipinski definition) is 4. The molecule has 1 amide bonds. The Kier molecular flexibility index (Phi) is 7.67. The molecule has 5 atom stereocenters. The number of amides is 1. The Morgan fingerprint density at radius 2 is 1.96 bits per heavy atom. The number of rotatable bonds is 6. The lowest BCUT2D eigenvalue weighted by Crippen LogP contribution is -2.59. The highest BCUT2D eigenvalue weighted by Gasteiger charge is 2.43. The van der Waals surface area contributed by atoms with E-state index in [0.29, 0.717) is 0 Å². The Labute approximate surface area is 139 Å². The van der Waals surface area contributed by atoms with Gasteiger partial charge in [-0.1, -0.05) is 5.11 Å². The van der Waals surface area contributed by atoms with Crippen LogP contribution >= 0.6 is 0 Å². The van der Waals surface area contributed by atoms with E-state index >= 15 is 0 Å². The number of hydrogen-bond acceptors (Lipinski definition) is 8. The van der Waals surface area contributed by atoms with Gasteiger partial charge in [0.15, 0.2) is 6.29 Å². The molecule has 0 aliphatic carbocycles. The van der Waals surface area contributed by atoms with Crippen molar-refractivity contribution in [2.75, 3.05) is 19.7 Å². The third-order valence-corrected chi connectivity index (χ3v) is 3.05. The van der Waals surface area contributed by atoms with Crippen LogP contribution in [0.2, 0.25) is 0 Å². The topological polar surface area (TPSA) is 166 Å². The van der Waals surface area contributed by atoms with Crippen LogP contribution < -0.4 is 5.32 Å². The zero-order valence-electron chi connectivity index (χ0n) is 13.8. The van der Waals surface area contributed by atoms with Gasteiger partial charge in [-0.3, -0.25) is 0 Å². The first-order valence-corrected chi connectivity index (χ1v) is 7.44. The zero-order valence-corrected chi connectivity index (χ0v) is 13.8. The minimum atomic E-state index is -1.51. The van der Waals surface area contributed by atoms with Crippen molar-refractivity contribution in [2.45, 2.75) is 57.1 Å². The van der Waals surface area contributed by atoms with Gasteiger partial charge >= 0.3 is 6.09 Å². The Hall–Kier alpha value is -1.62. The second-order valence-electron chi connectivity index (χ2n) is 6.23. The fourth-order valence-corrected chi connectivity index (χ4v) is 1.96. The molecular formula is C13H24N4O7. The summed E-state index contributed by atoms with van der Waals surface area (Å²) >= 11 is 0. The molecule has 0 saturated carbocycles. The molecule has 138 valence electrons. The molecule has 0 aromatic heterocycles. The van der Waals surface area contributed by atoms with Crippen LogP contribution in [-0.2, 0) is 14.2 Å². The van der Waals surface area contributed by atoms with E-state index in [2.05, 4.69) is 15.3 Å². The van der Waals surface area contributed by atoms with Crippen molar-refractivity contribution in [1.29, 1.82) is 0 Å². The van der Waals surface area contributed by atoms with Crippen molar-refractivity contribution in [3.05, 3.63) is 10.4 Å². The highest BCUT2D eigenvalue weighted by molar-refractivity contribution is 5.67. The molecule has 0 bridgehead atoms. The molecule has 0 unspecified atom stereocenters. The maximum absolute atomic E-state index is 11.5. The first kappa shape index (κ1) is 20.4. The van der Waals surface area contributed by atoms with Gasteiger partial charge in [0.1, 0.15) is 23.9 Å². The third-order valence-electron chi connectivity index (χ3n) is 3.05. The molecule has 1 aliphatic rings. The monoisotopic (exact) mass is 348 g/mol. The van der Waals surface area contributed by atoms with Crippen LogP contribution in [0.15, 0.2) is 5.11 Å². The van der Waals surface area contributed by atoms with Gasteiger partial charge in [0.05, 0.1) is 19.3 Å². The van der Waals surface area contributed by atoms with E-state index in [4.69, 9.17) is 19.7 Å². The number of nitrogens with zero attached hydrogens (tertiary/aromatic N) is 3. The van der Waals surface area contributed by atoms with E-state index in [1.165, 1.54) is 0 Å². The van der Waals surface area contributed by atoms with Crippen molar-refractivity contribution in [3.63, 3.8) is 0 Å². The van der Waals surface area contributed by atoms with Crippen molar-refractivity contribution < 1.29 is 34.3 Å². The largest absolute Gasteiger partial charge is 0.444 e. The quantitative estimate of drug-likeness (QED) is 0.220. The summed E-state index contributed by atoms with van der Waals surface area (Å²) in [5.74, 6) is 0. The van der Waals surface area contributed by atoms with Crippen LogP contribution in [0.3, 0.4) is 0 Å². The maximum atomic E-state index is 11.5. The van der Waals surface area contributed by atoms with Gasteiger partial charge in [-0.15, -0.1) is 0 Å². The first-order chi connectivity index (χ1) is 11.2. The van der Waals surface area contributed by atoms with Crippen LogP contribution in [0.5, 0.6) is 0 Å². The summed E-state index contributed by atoms with van der Waals surface area (Å²) in [7, 11) is 0. The summed E-state index contributed by atoms with van der Waals surface area (Å²) in [5.41, 5.74) is 7.68. The molecule has 1 saturated heterocycles. The second kappa shape index (κ2) is 9.02. The number of nitrogens with one attached hydrogen (secondary N) is 1. The normalized spacial score (nSPS) is 30.3. The Morgan fingerprint density at radius 3 is 2.54 bits per heavy atom. The molecule has 11 heteroatoms. The molecule has 1 heterocycles. The van der Waals surface area contributed by atoms with Crippen LogP contribution in [0, 0.1) is 0 Å². The van der Waals surface area contributed by atoms with Crippen LogP contribution in [0.25, 0.3) is 10.4 Å².